The smallest absolute Gasteiger partial charge is 0.484 e. The van der Waals surface area contributed by atoms with E-state index in [4.69, 9.17) is 20.8 Å². The second kappa shape index (κ2) is 7.78. The van der Waals surface area contributed by atoms with Gasteiger partial charge in [-0.05, 0) is 30.3 Å². The van der Waals surface area contributed by atoms with Crippen molar-refractivity contribution >= 4 is 11.6 Å². The Morgan fingerprint density at radius 3 is 2.21 bits per heavy atom. The van der Waals surface area contributed by atoms with Crippen LogP contribution in [-0.2, 0) is 12.8 Å². The molecule has 0 atom stereocenters. The van der Waals surface area contributed by atoms with Gasteiger partial charge in [-0.3, -0.25) is 0 Å². The van der Waals surface area contributed by atoms with E-state index in [0.29, 0.717) is 12.3 Å². The van der Waals surface area contributed by atoms with Crippen molar-refractivity contribution in [1.29, 1.82) is 0 Å². The first-order valence-corrected chi connectivity index (χ1v) is 7.93. The minimum Gasteiger partial charge on any atom is -0.484 e. The first-order valence-electron chi connectivity index (χ1n) is 7.55. The highest BCUT2D eigenvalue weighted by Gasteiger charge is 2.32. The molecule has 154 valence electrons. The van der Waals surface area contributed by atoms with Crippen LogP contribution < -0.4 is 9.47 Å². The van der Waals surface area contributed by atoms with Crippen LogP contribution in [0.15, 0.2) is 40.9 Å². The van der Waals surface area contributed by atoms with Crippen LogP contribution in [0.5, 0.6) is 11.5 Å². The van der Waals surface area contributed by atoms with Crippen molar-refractivity contribution in [2.75, 3.05) is 0 Å². The molecule has 13 heteroatoms. The van der Waals surface area contributed by atoms with Crippen molar-refractivity contribution in [3.8, 4) is 23.1 Å². The number of pyridine rings is 1. The zero-order chi connectivity index (χ0) is 21.2. The van der Waals surface area contributed by atoms with E-state index < -0.39 is 23.9 Å². The lowest BCUT2D eigenvalue weighted by molar-refractivity contribution is -0.274. The first-order chi connectivity index (χ1) is 13.5. The summed E-state index contributed by atoms with van der Waals surface area (Å²) < 4.78 is 88.5. The molecule has 0 unspecified atom stereocenters. The Morgan fingerprint density at radius 1 is 0.966 bits per heavy atom. The number of rotatable bonds is 5. The highest BCUT2D eigenvalue weighted by atomic mass is 35.5. The van der Waals surface area contributed by atoms with Gasteiger partial charge in [0.05, 0.1) is 10.6 Å². The number of alkyl halides is 6. The molecule has 0 aliphatic carbocycles. The third-order valence-corrected chi connectivity index (χ3v) is 3.55. The van der Waals surface area contributed by atoms with E-state index in [2.05, 4.69) is 19.9 Å². The molecule has 0 saturated carbocycles. The lowest BCUT2D eigenvalue weighted by Gasteiger charge is -2.09. The Balaban J connectivity index is 1.65. The highest BCUT2D eigenvalue weighted by molar-refractivity contribution is 6.32. The van der Waals surface area contributed by atoms with Gasteiger partial charge in [-0.2, -0.15) is 13.2 Å². The van der Waals surface area contributed by atoms with E-state index in [1.165, 1.54) is 12.1 Å². The fourth-order valence-electron chi connectivity index (χ4n) is 2.04. The van der Waals surface area contributed by atoms with Crippen LogP contribution in [0, 0.1) is 0 Å². The third kappa shape index (κ3) is 5.50. The van der Waals surface area contributed by atoms with Gasteiger partial charge < -0.3 is 13.9 Å². The maximum Gasteiger partial charge on any atom is 0.573 e. The van der Waals surface area contributed by atoms with Crippen molar-refractivity contribution in [3.05, 3.63) is 53.0 Å². The van der Waals surface area contributed by atoms with Gasteiger partial charge in [0.25, 0.3) is 11.8 Å². The van der Waals surface area contributed by atoms with Crippen LogP contribution in [-0.4, -0.2) is 21.5 Å². The van der Waals surface area contributed by atoms with Crippen molar-refractivity contribution in [1.82, 2.24) is 15.2 Å². The summed E-state index contributed by atoms with van der Waals surface area (Å²) in [6.07, 6.45) is -8.84. The van der Waals surface area contributed by atoms with Gasteiger partial charge in [0.1, 0.15) is 17.2 Å². The maximum atomic E-state index is 12.6. The van der Waals surface area contributed by atoms with Crippen LogP contribution in [0.2, 0.25) is 5.02 Å². The number of hydrogen-bond acceptors (Lipinski definition) is 6. The zero-order valence-corrected chi connectivity index (χ0v) is 14.6. The quantitative estimate of drug-likeness (QED) is 0.504. The van der Waals surface area contributed by atoms with E-state index in [9.17, 15) is 26.3 Å². The van der Waals surface area contributed by atoms with Crippen LogP contribution >= 0.6 is 11.6 Å². The van der Waals surface area contributed by atoms with E-state index in [0.717, 1.165) is 12.1 Å². The summed E-state index contributed by atoms with van der Waals surface area (Å²) in [5.74, 6) is -0.525. The second-order valence-corrected chi connectivity index (χ2v) is 5.77. The molecular weight excluding hydrogens is 432 g/mol. The SMILES string of the molecule is FC(F)(F)Oc1ccc(OCc2nnc(-c3ncc(C(F)(F)F)cc3Cl)o2)cc1. The number of benzene rings is 1. The Hall–Kier alpha value is -3.02. The van der Waals surface area contributed by atoms with Crippen LogP contribution in [0.25, 0.3) is 11.6 Å². The Morgan fingerprint density at radius 2 is 1.62 bits per heavy atom. The molecule has 3 aromatic rings. The fraction of sp³-hybridized carbons (Fsp3) is 0.188. The van der Waals surface area contributed by atoms with Crippen LogP contribution in [0.1, 0.15) is 11.5 Å². The molecule has 29 heavy (non-hydrogen) atoms. The molecule has 0 spiro atoms. The Bertz CT molecular complexity index is 989. The van der Waals surface area contributed by atoms with Crippen molar-refractivity contribution in [3.63, 3.8) is 0 Å². The topological polar surface area (TPSA) is 70.3 Å². The van der Waals surface area contributed by atoms with Gasteiger partial charge in [-0.25, -0.2) is 4.98 Å². The van der Waals surface area contributed by atoms with E-state index in [1.54, 1.807) is 0 Å². The van der Waals surface area contributed by atoms with E-state index >= 15 is 0 Å². The van der Waals surface area contributed by atoms with Crippen LogP contribution in [0.3, 0.4) is 0 Å². The van der Waals surface area contributed by atoms with E-state index in [1.807, 2.05) is 0 Å². The van der Waals surface area contributed by atoms with Crippen molar-refractivity contribution in [2.24, 2.45) is 0 Å². The molecule has 0 radical (unpaired) electrons. The van der Waals surface area contributed by atoms with Gasteiger partial charge in [0.2, 0.25) is 0 Å². The van der Waals surface area contributed by atoms with Gasteiger partial charge >= 0.3 is 12.5 Å². The molecule has 6 nitrogen and oxygen atoms in total. The van der Waals surface area contributed by atoms with Crippen LogP contribution in [0.4, 0.5) is 26.3 Å². The molecule has 1 aromatic carbocycles. The minimum atomic E-state index is -4.81. The van der Waals surface area contributed by atoms with Crippen molar-refractivity contribution in [2.45, 2.75) is 19.1 Å². The Labute approximate surface area is 163 Å². The number of aromatic nitrogens is 3. The summed E-state index contributed by atoms with van der Waals surface area (Å²) in [5, 5.41) is 6.95. The Kier molecular flexibility index (Phi) is 5.55. The van der Waals surface area contributed by atoms with E-state index in [-0.39, 0.29) is 34.9 Å². The molecule has 0 aliphatic heterocycles. The highest BCUT2D eigenvalue weighted by Crippen LogP contribution is 2.33. The average Bonchev–Trinajstić information content (AvgIpc) is 3.07. The van der Waals surface area contributed by atoms with Gasteiger partial charge in [0.15, 0.2) is 6.61 Å². The summed E-state index contributed by atoms with van der Waals surface area (Å²) in [7, 11) is 0. The second-order valence-electron chi connectivity index (χ2n) is 5.36. The minimum absolute atomic E-state index is 0.0617. The number of ether oxygens (including phenoxy) is 2. The maximum absolute atomic E-state index is 12.6. The third-order valence-electron chi connectivity index (χ3n) is 3.26. The molecule has 3 rings (SSSR count). The first kappa shape index (κ1) is 20.7. The molecule has 0 aliphatic rings. The number of halogens is 7. The standard InChI is InChI=1S/C16H8ClF6N3O3/c17-11-5-8(15(18,19)20)6-24-13(11)14-26-25-12(28-14)7-27-9-1-3-10(4-2-9)29-16(21,22)23/h1-6H,7H2. The van der Waals surface area contributed by atoms with Gasteiger partial charge in [-0.1, -0.05) is 11.6 Å². The molecule has 0 N–H and O–H groups in total. The molecule has 0 fully saturated rings. The summed E-state index contributed by atoms with van der Waals surface area (Å²) in [6.45, 7) is -0.259. The lowest BCUT2D eigenvalue weighted by atomic mass is 10.2. The predicted octanol–water partition coefficient (Wildman–Crippen LogP) is 5.28. The largest absolute Gasteiger partial charge is 0.573 e. The monoisotopic (exact) mass is 439 g/mol. The summed E-state index contributed by atoms with van der Waals surface area (Å²) in [4.78, 5) is 3.59. The van der Waals surface area contributed by atoms with Gasteiger partial charge in [-0.15, -0.1) is 23.4 Å². The predicted molar refractivity (Wildman–Crippen MR) is 85.0 cm³/mol. The molecule has 0 saturated heterocycles. The number of hydrogen-bond donors (Lipinski definition) is 0. The average molecular weight is 440 g/mol. The van der Waals surface area contributed by atoms with Crippen molar-refractivity contribution < 1.29 is 40.2 Å². The van der Waals surface area contributed by atoms with Gasteiger partial charge in [0, 0.05) is 6.20 Å². The molecule has 2 aromatic heterocycles. The summed E-state index contributed by atoms with van der Waals surface area (Å²) >= 11 is 5.80. The number of nitrogens with zero attached hydrogens (tertiary/aromatic N) is 3. The lowest BCUT2D eigenvalue weighted by Crippen LogP contribution is -2.16. The summed E-state index contributed by atoms with van der Waals surface area (Å²) in [6, 6.07) is 5.23. The normalized spacial score (nSPS) is 12.1. The molecular formula is C16H8ClF6N3O3. The molecule has 0 amide bonds. The zero-order valence-electron chi connectivity index (χ0n) is 13.9. The summed E-state index contributed by atoms with van der Waals surface area (Å²) in [5.41, 5.74) is -1.18. The molecule has 0 bridgehead atoms. The fourth-order valence-corrected chi connectivity index (χ4v) is 2.29. The molecule has 2 heterocycles.